The van der Waals surface area contributed by atoms with Crippen LogP contribution in [0.1, 0.15) is 20.8 Å². The number of hydrogen-bond acceptors (Lipinski definition) is 8. The van der Waals surface area contributed by atoms with Crippen molar-refractivity contribution >= 4 is 60.5 Å². The Hall–Kier alpha value is -1.19. The molecule has 0 unspecified atom stereocenters. The van der Waals surface area contributed by atoms with Crippen molar-refractivity contribution in [3.63, 3.8) is 0 Å². The van der Waals surface area contributed by atoms with Gasteiger partial charge in [0.25, 0.3) is 0 Å². The van der Waals surface area contributed by atoms with Crippen molar-refractivity contribution < 1.29 is 14.2 Å². The van der Waals surface area contributed by atoms with Crippen LogP contribution in [0.5, 0.6) is 17.2 Å². The van der Waals surface area contributed by atoms with E-state index in [1.807, 2.05) is 126 Å². The first-order valence-corrected chi connectivity index (χ1v) is 18.4. The van der Waals surface area contributed by atoms with E-state index in [2.05, 4.69) is 64.8 Å². The van der Waals surface area contributed by atoms with Gasteiger partial charge in [0.15, 0.2) is 0 Å². The minimum atomic E-state index is 0.878. The molecule has 3 rings (SSSR count). The van der Waals surface area contributed by atoms with Crippen molar-refractivity contribution in [3.05, 3.63) is 91.0 Å². The number of thioether (sulfide) groups is 3. The summed E-state index contributed by atoms with van der Waals surface area (Å²) in [6.07, 6.45) is 6.29. The summed E-state index contributed by atoms with van der Waals surface area (Å²) in [6.45, 7) is 6.43. The Morgan fingerprint density at radius 3 is 0.700 bits per heavy atom. The van der Waals surface area contributed by atoms with E-state index in [4.69, 9.17) is 14.2 Å². The van der Waals surface area contributed by atoms with Crippen molar-refractivity contribution in [2.75, 3.05) is 68.9 Å². The predicted molar refractivity (Wildman–Crippen MR) is 199 cm³/mol. The van der Waals surface area contributed by atoms with Crippen LogP contribution in [-0.2, 0) is 0 Å². The first-order valence-electron chi connectivity index (χ1n) is 12.9. The average Bonchev–Trinajstić information content (AvgIpc) is 3.06. The van der Waals surface area contributed by atoms with Crippen molar-refractivity contribution in [3.8, 4) is 17.2 Å². The zero-order valence-corrected chi connectivity index (χ0v) is 30.3. The van der Waals surface area contributed by atoms with E-state index in [0.717, 1.165) is 28.8 Å². The molecule has 0 heterocycles. The molecule has 0 bridgehead atoms. The molecule has 0 fully saturated rings. The second-order valence-electron chi connectivity index (χ2n) is 6.73. The van der Waals surface area contributed by atoms with Gasteiger partial charge in [0.2, 0.25) is 0 Å². The van der Waals surface area contributed by atoms with Gasteiger partial charge in [-0.15, -0.1) is 0 Å². The van der Waals surface area contributed by atoms with Gasteiger partial charge < -0.3 is 14.2 Å². The molecule has 0 N–H and O–H groups in total. The average molecular weight is 647 g/mol. The van der Waals surface area contributed by atoms with Crippen LogP contribution in [0.25, 0.3) is 0 Å². The van der Waals surface area contributed by atoms with E-state index in [9.17, 15) is 0 Å². The molecular formula is C32H54O3S5. The van der Waals surface area contributed by atoms with Crippen LogP contribution in [-0.4, -0.2) is 68.9 Å². The predicted octanol–water partition coefficient (Wildman–Crippen LogP) is 10.0. The fourth-order valence-corrected chi connectivity index (χ4v) is 1.67. The number of thiol groups is 2. The van der Waals surface area contributed by atoms with Gasteiger partial charge in [-0.05, 0) is 83.9 Å². The molecule has 0 aromatic heterocycles. The van der Waals surface area contributed by atoms with Crippen molar-refractivity contribution in [1.29, 1.82) is 0 Å². The molecule has 8 heteroatoms. The first-order chi connectivity index (χ1) is 19.5. The molecule has 0 spiro atoms. The lowest BCUT2D eigenvalue weighted by atomic mass is 10.3. The van der Waals surface area contributed by atoms with Crippen LogP contribution >= 0.6 is 60.5 Å². The van der Waals surface area contributed by atoms with Gasteiger partial charge in [0.1, 0.15) is 17.2 Å². The third kappa shape index (κ3) is 43.8. The summed E-state index contributed by atoms with van der Waals surface area (Å²) in [4.78, 5) is 0. The van der Waals surface area contributed by atoms with Crippen LogP contribution in [0.3, 0.4) is 0 Å². The second kappa shape index (κ2) is 44.8. The maximum Gasteiger partial charge on any atom is 0.118 e. The van der Waals surface area contributed by atoms with Crippen LogP contribution in [0, 0.1) is 0 Å². The Bertz CT molecular complexity index is 649. The summed E-state index contributed by atoms with van der Waals surface area (Å²) in [5.41, 5.74) is 0. The molecule has 0 aliphatic heterocycles. The molecule has 0 aliphatic carbocycles. The standard InChI is InChI=1S/3C7H8O.3C3H8S.C2H6S2/c3*1-8-7-5-3-2-4-6-7;3*1-3-4-2;3-1-2-4/h3*2-6H,1H3;3*3H2,1-2H3;3-4H,1-2H2. The van der Waals surface area contributed by atoms with Gasteiger partial charge in [-0.1, -0.05) is 75.4 Å². The SMILES string of the molecule is CCSC.CCSC.CCSC.COc1ccccc1.COc1ccccc1.COc1ccccc1.SCCS. The highest BCUT2D eigenvalue weighted by Gasteiger charge is 1.81. The Morgan fingerprint density at radius 1 is 0.450 bits per heavy atom. The number of ether oxygens (including phenoxy) is 3. The van der Waals surface area contributed by atoms with Gasteiger partial charge in [-0.25, -0.2) is 0 Å². The molecule has 0 radical (unpaired) electrons. The number of hydrogen-bond donors (Lipinski definition) is 2. The normalized spacial score (nSPS) is 8.18. The van der Waals surface area contributed by atoms with Crippen LogP contribution in [0.15, 0.2) is 91.0 Å². The van der Waals surface area contributed by atoms with E-state index >= 15 is 0 Å². The number of methoxy groups -OCH3 is 3. The lowest BCUT2D eigenvalue weighted by Crippen LogP contribution is -1.78. The first kappa shape index (κ1) is 45.8. The Labute approximate surface area is 271 Å². The Balaban J connectivity index is -0.000000195. The van der Waals surface area contributed by atoms with Gasteiger partial charge >= 0.3 is 0 Å². The smallest absolute Gasteiger partial charge is 0.118 e. The number of rotatable bonds is 7. The molecule has 3 aromatic carbocycles. The zero-order valence-electron chi connectivity index (χ0n) is 26.0. The number of benzene rings is 3. The maximum absolute atomic E-state index is 4.91. The lowest BCUT2D eigenvalue weighted by Gasteiger charge is -1.93. The van der Waals surface area contributed by atoms with Gasteiger partial charge in [0.05, 0.1) is 21.3 Å². The molecule has 3 aromatic rings. The van der Waals surface area contributed by atoms with E-state index in [1.165, 1.54) is 17.3 Å². The highest BCUT2D eigenvalue weighted by Crippen LogP contribution is 2.06. The lowest BCUT2D eigenvalue weighted by molar-refractivity contribution is 0.414. The molecule has 0 aliphatic rings. The van der Waals surface area contributed by atoms with E-state index in [0.29, 0.717) is 0 Å². The monoisotopic (exact) mass is 646 g/mol. The Kier molecular flexibility index (Phi) is 51.3. The summed E-state index contributed by atoms with van der Waals surface area (Å²) >= 11 is 13.3. The summed E-state index contributed by atoms with van der Waals surface area (Å²) < 4.78 is 14.7. The maximum atomic E-state index is 4.91. The highest BCUT2D eigenvalue weighted by molar-refractivity contribution is 7.98. The molecule has 40 heavy (non-hydrogen) atoms. The quantitative estimate of drug-likeness (QED) is 0.248. The zero-order chi connectivity index (χ0) is 31.1. The molecule has 0 saturated carbocycles. The summed E-state index contributed by atoms with van der Waals surface area (Å²) in [7, 11) is 4.99. The minimum Gasteiger partial charge on any atom is -0.497 e. The van der Waals surface area contributed by atoms with Crippen molar-refractivity contribution in [1.82, 2.24) is 0 Å². The van der Waals surface area contributed by atoms with Crippen molar-refractivity contribution in [2.24, 2.45) is 0 Å². The second-order valence-corrected chi connectivity index (χ2v) is 11.1. The third-order valence-corrected chi connectivity index (χ3v) is 6.43. The van der Waals surface area contributed by atoms with Crippen LogP contribution < -0.4 is 14.2 Å². The van der Waals surface area contributed by atoms with E-state index in [-0.39, 0.29) is 0 Å². The van der Waals surface area contributed by atoms with E-state index < -0.39 is 0 Å². The van der Waals surface area contributed by atoms with Crippen molar-refractivity contribution in [2.45, 2.75) is 20.8 Å². The topological polar surface area (TPSA) is 27.7 Å². The van der Waals surface area contributed by atoms with Gasteiger partial charge in [-0.2, -0.15) is 60.5 Å². The molecular weight excluding hydrogens is 593 g/mol. The summed E-state index contributed by atoms with van der Waals surface area (Å²) in [5.74, 6) is 8.19. The third-order valence-electron chi connectivity index (χ3n) is 3.90. The minimum absolute atomic E-state index is 0.878. The van der Waals surface area contributed by atoms with Gasteiger partial charge in [0, 0.05) is 0 Å². The molecule has 0 amide bonds. The summed E-state index contributed by atoms with van der Waals surface area (Å²) in [5, 5.41) is 0. The fourth-order valence-electron chi connectivity index (χ4n) is 1.67. The summed E-state index contributed by atoms with van der Waals surface area (Å²) in [6, 6.07) is 29.0. The fraction of sp³-hybridized carbons (Fsp3) is 0.438. The van der Waals surface area contributed by atoms with Crippen LogP contribution in [0.4, 0.5) is 0 Å². The molecule has 3 nitrogen and oxygen atoms in total. The molecule has 0 atom stereocenters. The van der Waals surface area contributed by atoms with Crippen LogP contribution in [0.2, 0.25) is 0 Å². The number of para-hydroxylation sites is 3. The Morgan fingerprint density at radius 2 is 0.625 bits per heavy atom. The van der Waals surface area contributed by atoms with Gasteiger partial charge in [-0.3, -0.25) is 0 Å². The largest absolute Gasteiger partial charge is 0.497 e. The van der Waals surface area contributed by atoms with E-state index in [1.54, 1.807) is 21.3 Å². The highest BCUT2D eigenvalue weighted by atomic mass is 32.2. The molecule has 230 valence electrons. The molecule has 0 saturated heterocycles.